The topological polar surface area (TPSA) is 33.5 Å². The van der Waals surface area contributed by atoms with Crippen molar-refractivity contribution in [2.24, 2.45) is 0 Å². The van der Waals surface area contributed by atoms with E-state index in [0.29, 0.717) is 6.67 Å². The summed E-state index contributed by atoms with van der Waals surface area (Å²) in [6.07, 6.45) is 1.96. The van der Waals surface area contributed by atoms with Crippen molar-refractivity contribution in [1.29, 1.82) is 0 Å². The summed E-state index contributed by atoms with van der Waals surface area (Å²) in [7, 11) is 0. The summed E-state index contributed by atoms with van der Waals surface area (Å²) in [6, 6.07) is 71.6. The zero-order chi connectivity index (χ0) is 56.7. The van der Waals surface area contributed by atoms with Crippen LogP contribution in [0.5, 0.6) is 11.5 Å². The third-order valence-electron chi connectivity index (χ3n) is 17.4. The first kappa shape index (κ1) is 54.1. The predicted molar refractivity (Wildman–Crippen MR) is 339 cm³/mol. The Bertz CT molecular complexity index is 3850. The summed E-state index contributed by atoms with van der Waals surface area (Å²) in [5.74, 6) is 2.41. The van der Waals surface area contributed by atoms with Crippen LogP contribution in [0.2, 0.25) is 0 Å². The van der Waals surface area contributed by atoms with Gasteiger partial charge >= 0.3 is 0 Å². The average molecular weight is 1050 g/mol. The lowest BCUT2D eigenvalue weighted by atomic mass is 9.73. The van der Waals surface area contributed by atoms with E-state index in [1.165, 1.54) is 72.5 Å². The summed E-state index contributed by atoms with van der Waals surface area (Å²) in [5.41, 5.74) is 17.4. The number of fused-ring (bicyclic) bond motifs is 4. The lowest BCUT2D eigenvalue weighted by Crippen LogP contribution is -2.27. The Balaban J connectivity index is 1.03. The van der Waals surface area contributed by atoms with Crippen LogP contribution in [0.15, 0.2) is 200 Å². The van der Waals surface area contributed by atoms with Gasteiger partial charge in [-0.2, -0.15) is 0 Å². The van der Waals surface area contributed by atoms with Gasteiger partial charge in [-0.05, 0) is 133 Å². The van der Waals surface area contributed by atoms with Gasteiger partial charge in [-0.1, -0.05) is 219 Å². The Hall–Kier alpha value is -7.89. The van der Waals surface area contributed by atoms with Gasteiger partial charge in [0.05, 0.1) is 22.4 Å². The average Bonchev–Trinajstić information content (AvgIpc) is 4.03. The van der Waals surface area contributed by atoms with Crippen molar-refractivity contribution in [3.8, 4) is 17.3 Å². The normalized spacial score (nSPS) is 13.6. The van der Waals surface area contributed by atoms with Crippen LogP contribution in [0.3, 0.4) is 0 Å². The highest BCUT2D eigenvalue weighted by molar-refractivity contribution is 6.09. The van der Waals surface area contributed by atoms with Crippen molar-refractivity contribution in [3.63, 3.8) is 0 Å². The van der Waals surface area contributed by atoms with Crippen LogP contribution in [-0.2, 0) is 32.5 Å². The molecule has 0 bridgehead atoms. The zero-order valence-corrected chi connectivity index (χ0v) is 50.0. The smallest absolute Gasteiger partial charge is 0.137 e. The van der Waals surface area contributed by atoms with Crippen LogP contribution >= 0.6 is 0 Å². The summed E-state index contributed by atoms with van der Waals surface area (Å²) >= 11 is 0. The van der Waals surface area contributed by atoms with Crippen LogP contribution in [-0.4, -0.2) is 16.2 Å². The molecule has 0 N–H and O–H groups in total. The summed E-state index contributed by atoms with van der Waals surface area (Å²) in [6.45, 7) is 35.6. The van der Waals surface area contributed by atoms with Crippen molar-refractivity contribution >= 4 is 44.6 Å². The standard InChI is InChI=1S/C75H80N4O/c1-70(2,3)53-34-36-61-62-37-35-60(46-66(62)79(65(61)43-53)69-44-54(38-39-76-69)73(10,11)50-26-19-16-20-27-50)80-59-33-25-32-57(45-59)77-49-78(68-48-64(72(7,8)9)63(47-67(68)77)71(4,5)6)58-41-55(74(12,13)51-28-21-17-22-29-51)40-56(42-58)75(14,15)52-30-23-18-24-31-52/h16-48H,49H2,1-15H3. The Kier molecular flexibility index (Phi) is 13.3. The van der Waals surface area contributed by atoms with Gasteiger partial charge in [-0.15, -0.1) is 0 Å². The van der Waals surface area contributed by atoms with E-state index in [1.54, 1.807) is 0 Å². The molecule has 0 unspecified atom stereocenters. The predicted octanol–water partition coefficient (Wildman–Crippen LogP) is 20.1. The van der Waals surface area contributed by atoms with Gasteiger partial charge in [-0.25, -0.2) is 4.98 Å². The van der Waals surface area contributed by atoms with E-state index >= 15 is 0 Å². The van der Waals surface area contributed by atoms with Gasteiger partial charge < -0.3 is 14.5 Å². The maximum absolute atomic E-state index is 7.05. The van der Waals surface area contributed by atoms with E-state index in [9.17, 15) is 0 Å². The van der Waals surface area contributed by atoms with Crippen LogP contribution in [0, 0.1) is 0 Å². The molecule has 0 saturated heterocycles. The Labute approximate surface area is 476 Å². The van der Waals surface area contributed by atoms with E-state index in [1.807, 2.05) is 6.20 Å². The number of benzene rings is 8. The molecule has 0 atom stereocenters. The van der Waals surface area contributed by atoms with E-state index in [2.05, 4.69) is 312 Å². The molecular weight excluding hydrogens is 973 g/mol. The Morgan fingerprint density at radius 2 is 0.825 bits per heavy atom. The number of ether oxygens (including phenoxy) is 1. The maximum atomic E-state index is 7.05. The lowest BCUT2D eigenvalue weighted by molar-refractivity contribution is 0.483. The maximum Gasteiger partial charge on any atom is 0.137 e. The minimum atomic E-state index is -0.272. The minimum Gasteiger partial charge on any atom is -0.457 e. The molecule has 10 aromatic rings. The van der Waals surface area contributed by atoms with Crippen molar-refractivity contribution < 1.29 is 4.74 Å². The Morgan fingerprint density at radius 3 is 1.34 bits per heavy atom. The van der Waals surface area contributed by atoms with Gasteiger partial charge in [-0.3, -0.25) is 4.57 Å². The second-order valence-corrected chi connectivity index (χ2v) is 27.1. The fraction of sp³-hybridized carbons (Fsp3) is 0.293. The van der Waals surface area contributed by atoms with E-state index in [-0.39, 0.29) is 32.5 Å². The van der Waals surface area contributed by atoms with Crippen LogP contribution in [0.4, 0.5) is 22.7 Å². The molecule has 5 heteroatoms. The monoisotopic (exact) mass is 1050 g/mol. The first-order valence-corrected chi connectivity index (χ1v) is 28.7. The molecule has 5 nitrogen and oxygen atoms in total. The largest absolute Gasteiger partial charge is 0.457 e. The highest BCUT2D eigenvalue weighted by atomic mass is 16.5. The molecule has 3 heterocycles. The van der Waals surface area contributed by atoms with Crippen LogP contribution < -0.4 is 14.5 Å². The highest BCUT2D eigenvalue weighted by Crippen LogP contribution is 2.51. The number of aromatic nitrogens is 2. The first-order chi connectivity index (χ1) is 37.8. The highest BCUT2D eigenvalue weighted by Gasteiger charge is 2.37. The third-order valence-corrected chi connectivity index (χ3v) is 17.4. The second kappa shape index (κ2) is 19.7. The molecule has 0 spiro atoms. The van der Waals surface area contributed by atoms with Crippen molar-refractivity contribution in [2.45, 2.75) is 136 Å². The molecule has 0 radical (unpaired) electrons. The number of anilines is 4. The van der Waals surface area contributed by atoms with Crippen LogP contribution in [0.25, 0.3) is 27.6 Å². The number of hydrogen-bond donors (Lipinski definition) is 0. The molecule has 406 valence electrons. The van der Waals surface area contributed by atoms with Gasteiger partial charge in [0.2, 0.25) is 0 Å². The van der Waals surface area contributed by atoms with Crippen molar-refractivity contribution in [2.75, 3.05) is 16.5 Å². The molecule has 0 amide bonds. The number of pyridine rings is 1. The van der Waals surface area contributed by atoms with Gasteiger partial charge in [0.25, 0.3) is 0 Å². The second-order valence-electron chi connectivity index (χ2n) is 27.1. The minimum absolute atomic E-state index is 0.0407. The molecule has 11 rings (SSSR count). The lowest BCUT2D eigenvalue weighted by Gasteiger charge is -2.34. The number of nitrogens with zero attached hydrogens (tertiary/aromatic N) is 4. The first-order valence-electron chi connectivity index (χ1n) is 28.7. The Morgan fingerprint density at radius 1 is 0.350 bits per heavy atom. The number of rotatable bonds is 11. The SMILES string of the molecule is CC(C)(C)c1ccc2c3ccc(Oc4cccc(N5CN(c6cc(C(C)(C)c7ccccc7)cc(C(C)(C)c7ccccc7)c6)c6cc(C(C)(C)C)c(C(C)(C)C)cc65)c4)cc3n(-c3cc(C(C)(C)c4ccccc4)ccn3)c2c1. The van der Waals surface area contributed by atoms with E-state index in [4.69, 9.17) is 9.72 Å². The molecule has 80 heavy (non-hydrogen) atoms. The van der Waals surface area contributed by atoms with Gasteiger partial charge in [0, 0.05) is 56.7 Å². The van der Waals surface area contributed by atoms with Crippen molar-refractivity contribution in [3.05, 3.63) is 250 Å². The van der Waals surface area contributed by atoms with Crippen molar-refractivity contribution in [1.82, 2.24) is 9.55 Å². The van der Waals surface area contributed by atoms with Crippen LogP contribution in [0.1, 0.15) is 154 Å². The van der Waals surface area contributed by atoms with E-state index in [0.717, 1.165) is 39.4 Å². The summed E-state index contributed by atoms with van der Waals surface area (Å²) < 4.78 is 9.38. The molecule has 2 aromatic heterocycles. The molecule has 8 aromatic carbocycles. The zero-order valence-electron chi connectivity index (χ0n) is 50.0. The molecule has 1 aliphatic heterocycles. The summed E-state index contributed by atoms with van der Waals surface area (Å²) in [4.78, 5) is 10.2. The fourth-order valence-electron chi connectivity index (χ4n) is 12.1. The third kappa shape index (κ3) is 9.88. The quantitative estimate of drug-likeness (QED) is 0.129. The van der Waals surface area contributed by atoms with Gasteiger partial charge in [0.1, 0.15) is 24.0 Å². The molecular formula is C75H80N4O. The molecule has 0 saturated carbocycles. The summed E-state index contributed by atoms with van der Waals surface area (Å²) in [5, 5.41) is 2.34. The fourth-order valence-corrected chi connectivity index (χ4v) is 12.1. The molecule has 1 aliphatic rings. The number of hydrogen-bond acceptors (Lipinski definition) is 4. The molecule has 0 aliphatic carbocycles. The molecule has 0 fully saturated rings. The van der Waals surface area contributed by atoms with E-state index < -0.39 is 0 Å². The van der Waals surface area contributed by atoms with Gasteiger partial charge in [0.15, 0.2) is 0 Å².